The van der Waals surface area contributed by atoms with Crippen molar-refractivity contribution < 1.29 is 19.0 Å². The van der Waals surface area contributed by atoms with Crippen molar-refractivity contribution in [2.24, 2.45) is 0 Å². The van der Waals surface area contributed by atoms with Crippen LogP contribution in [0.3, 0.4) is 0 Å². The number of esters is 1. The number of pyridine rings is 1. The van der Waals surface area contributed by atoms with Crippen molar-refractivity contribution in [3.05, 3.63) is 41.7 Å². The van der Waals surface area contributed by atoms with Gasteiger partial charge < -0.3 is 19.2 Å². The fourth-order valence-corrected chi connectivity index (χ4v) is 3.64. The zero-order chi connectivity index (χ0) is 19.2. The van der Waals surface area contributed by atoms with E-state index < -0.39 is 5.97 Å². The van der Waals surface area contributed by atoms with Crippen LogP contribution >= 0.6 is 0 Å². The number of hydrogen-bond acceptors (Lipinski definition) is 5. The first kappa shape index (κ1) is 17.4. The summed E-state index contributed by atoms with van der Waals surface area (Å²) in [7, 11) is 1.56. The van der Waals surface area contributed by atoms with Gasteiger partial charge in [0.1, 0.15) is 11.4 Å². The molecule has 0 aliphatic carbocycles. The van der Waals surface area contributed by atoms with Gasteiger partial charge in [0.05, 0.1) is 31.2 Å². The molecule has 6 nitrogen and oxygen atoms in total. The van der Waals surface area contributed by atoms with E-state index >= 15 is 0 Å². The quantitative estimate of drug-likeness (QED) is 0.704. The van der Waals surface area contributed by atoms with Crippen molar-refractivity contribution in [3.63, 3.8) is 0 Å². The van der Waals surface area contributed by atoms with Gasteiger partial charge in [0.15, 0.2) is 0 Å². The van der Waals surface area contributed by atoms with Crippen LogP contribution in [0.15, 0.2) is 30.5 Å². The van der Waals surface area contributed by atoms with Crippen LogP contribution in [0.2, 0.25) is 0 Å². The average molecular weight is 366 g/mol. The largest absolute Gasteiger partial charge is 0.492 e. The molecule has 1 aliphatic rings. The third-order valence-electron chi connectivity index (χ3n) is 4.94. The molecule has 140 valence electrons. The van der Waals surface area contributed by atoms with Gasteiger partial charge in [-0.2, -0.15) is 0 Å². The number of rotatable bonds is 4. The second kappa shape index (κ2) is 6.30. The predicted octanol–water partition coefficient (Wildman–Crippen LogP) is 4.09. The van der Waals surface area contributed by atoms with Gasteiger partial charge in [0, 0.05) is 28.3 Å². The Hall–Kier alpha value is -3.02. The Morgan fingerprint density at radius 1 is 1.33 bits per heavy atom. The minimum atomic E-state index is -0.416. The van der Waals surface area contributed by atoms with Crippen molar-refractivity contribution in [2.75, 3.05) is 20.3 Å². The molecule has 0 saturated heterocycles. The van der Waals surface area contributed by atoms with Crippen molar-refractivity contribution in [2.45, 2.75) is 26.2 Å². The normalized spacial score (nSPS) is 14.7. The van der Waals surface area contributed by atoms with Gasteiger partial charge in [-0.15, -0.1) is 0 Å². The Labute approximate surface area is 157 Å². The van der Waals surface area contributed by atoms with Crippen molar-refractivity contribution >= 4 is 16.9 Å². The van der Waals surface area contributed by atoms with E-state index in [2.05, 4.69) is 29.9 Å². The molecule has 0 spiro atoms. The summed E-state index contributed by atoms with van der Waals surface area (Å²) in [5.74, 6) is 0.824. The molecular formula is C21H22N2O4. The van der Waals surface area contributed by atoms with Gasteiger partial charge in [-0.3, -0.25) is 0 Å². The smallest absolute Gasteiger partial charge is 0.355 e. The Balaban J connectivity index is 2.09. The van der Waals surface area contributed by atoms with E-state index in [1.165, 1.54) is 0 Å². The third kappa shape index (κ3) is 2.63. The lowest BCUT2D eigenvalue weighted by Crippen LogP contribution is -2.18. The molecule has 0 unspecified atom stereocenters. The summed E-state index contributed by atoms with van der Waals surface area (Å²) in [4.78, 5) is 20.2. The molecule has 0 fully saturated rings. The summed E-state index contributed by atoms with van der Waals surface area (Å²) < 4.78 is 16.8. The molecule has 1 N–H and O–H groups in total. The number of H-pyrrole nitrogens is 1. The van der Waals surface area contributed by atoms with Gasteiger partial charge in [-0.1, -0.05) is 19.9 Å². The topological polar surface area (TPSA) is 73.4 Å². The maximum absolute atomic E-state index is 12.7. The lowest BCUT2D eigenvalue weighted by Gasteiger charge is -2.14. The lowest BCUT2D eigenvalue weighted by molar-refractivity contribution is 0.0521. The van der Waals surface area contributed by atoms with Crippen LogP contribution in [0.25, 0.3) is 22.0 Å². The lowest BCUT2D eigenvalue weighted by atomic mass is 9.86. The van der Waals surface area contributed by atoms with Crippen LogP contribution in [0, 0.1) is 0 Å². The van der Waals surface area contributed by atoms with Crippen LogP contribution in [0.1, 0.15) is 36.8 Å². The maximum atomic E-state index is 12.7. The van der Waals surface area contributed by atoms with Gasteiger partial charge in [-0.05, 0) is 25.1 Å². The fourth-order valence-electron chi connectivity index (χ4n) is 3.64. The number of fused-ring (bicyclic) bond motifs is 3. The molecular weight excluding hydrogens is 344 g/mol. The number of aromatic nitrogens is 2. The molecule has 3 heterocycles. The van der Waals surface area contributed by atoms with Crippen molar-refractivity contribution in [3.8, 4) is 22.8 Å². The summed E-state index contributed by atoms with van der Waals surface area (Å²) in [5.41, 5.74) is 3.63. The molecule has 1 aromatic carbocycles. The highest BCUT2D eigenvalue weighted by atomic mass is 16.5. The summed E-state index contributed by atoms with van der Waals surface area (Å²) in [6, 6.07) is 7.75. The zero-order valence-electron chi connectivity index (χ0n) is 15.9. The number of hydrogen-bond donors (Lipinski definition) is 1. The maximum Gasteiger partial charge on any atom is 0.355 e. The summed E-state index contributed by atoms with van der Waals surface area (Å²) >= 11 is 0. The van der Waals surface area contributed by atoms with E-state index in [-0.39, 0.29) is 5.41 Å². The molecule has 1 aliphatic heterocycles. The molecule has 0 bridgehead atoms. The zero-order valence-corrected chi connectivity index (χ0v) is 15.9. The van der Waals surface area contributed by atoms with E-state index in [1.54, 1.807) is 20.2 Å². The Kier molecular flexibility index (Phi) is 4.06. The van der Waals surface area contributed by atoms with Crippen LogP contribution in [-0.4, -0.2) is 36.3 Å². The third-order valence-corrected chi connectivity index (χ3v) is 4.94. The standard InChI is InChI=1S/C21H22N2O4/c1-5-26-20(24)17-15(12-7-6-10-22-19(12)25-4)16-14(23-17)9-8-13-18(16)27-11-21(13,2)3/h6-10,23H,5,11H2,1-4H3. The van der Waals surface area contributed by atoms with Crippen LogP contribution in [-0.2, 0) is 10.2 Å². The first-order valence-electron chi connectivity index (χ1n) is 8.96. The van der Waals surface area contributed by atoms with Gasteiger partial charge in [0.25, 0.3) is 0 Å². The predicted molar refractivity (Wildman–Crippen MR) is 103 cm³/mol. The van der Waals surface area contributed by atoms with E-state index in [9.17, 15) is 4.79 Å². The van der Waals surface area contributed by atoms with Gasteiger partial charge in [0.2, 0.25) is 5.88 Å². The number of nitrogens with zero attached hydrogens (tertiary/aromatic N) is 1. The van der Waals surface area contributed by atoms with Crippen LogP contribution in [0.4, 0.5) is 0 Å². The van der Waals surface area contributed by atoms with E-state index in [4.69, 9.17) is 14.2 Å². The van der Waals surface area contributed by atoms with Gasteiger partial charge in [-0.25, -0.2) is 9.78 Å². The summed E-state index contributed by atoms with van der Waals surface area (Å²) in [6.45, 7) is 6.96. The minimum Gasteiger partial charge on any atom is -0.492 e. The van der Waals surface area contributed by atoms with Crippen molar-refractivity contribution in [1.29, 1.82) is 0 Å². The molecule has 0 radical (unpaired) electrons. The molecule has 0 saturated carbocycles. The fraction of sp³-hybridized carbons (Fsp3) is 0.333. The highest BCUT2D eigenvalue weighted by Gasteiger charge is 2.35. The van der Waals surface area contributed by atoms with E-state index in [0.717, 1.165) is 27.8 Å². The molecule has 0 amide bonds. The molecule has 2 aromatic heterocycles. The molecule has 0 atom stereocenters. The number of ether oxygens (including phenoxy) is 3. The number of aromatic amines is 1. The second-order valence-corrected chi connectivity index (χ2v) is 7.19. The molecule has 4 rings (SSSR count). The first-order valence-corrected chi connectivity index (χ1v) is 8.96. The Morgan fingerprint density at radius 2 is 2.15 bits per heavy atom. The number of carbonyl (C=O) groups excluding carboxylic acids is 1. The van der Waals surface area contributed by atoms with Crippen LogP contribution in [0.5, 0.6) is 11.6 Å². The highest BCUT2D eigenvalue weighted by Crippen LogP contribution is 2.48. The Bertz CT molecular complexity index is 1040. The van der Waals surface area contributed by atoms with E-state index in [1.807, 2.05) is 18.2 Å². The average Bonchev–Trinajstić information content (AvgIpc) is 3.19. The molecule has 27 heavy (non-hydrogen) atoms. The molecule has 3 aromatic rings. The summed E-state index contributed by atoms with van der Waals surface area (Å²) in [6.07, 6.45) is 1.66. The van der Waals surface area contributed by atoms with Crippen molar-refractivity contribution in [1.82, 2.24) is 9.97 Å². The number of carbonyl (C=O) groups is 1. The highest BCUT2D eigenvalue weighted by molar-refractivity contribution is 6.11. The van der Waals surface area contributed by atoms with Gasteiger partial charge >= 0.3 is 5.97 Å². The second-order valence-electron chi connectivity index (χ2n) is 7.19. The number of nitrogens with one attached hydrogen (secondary N) is 1. The number of benzene rings is 1. The monoisotopic (exact) mass is 366 g/mol. The molecule has 6 heteroatoms. The SMILES string of the molecule is CCOC(=O)c1[nH]c2ccc3c(c2c1-c1cccnc1OC)OCC3(C)C. The number of methoxy groups -OCH3 is 1. The van der Waals surface area contributed by atoms with E-state index in [0.29, 0.717) is 30.4 Å². The minimum absolute atomic E-state index is 0.0961. The first-order chi connectivity index (χ1) is 13.0. The Morgan fingerprint density at radius 3 is 2.89 bits per heavy atom. The van der Waals surface area contributed by atoms with Crippen LogP contribution < -0.4 is 9.47 Å². The summed E-state index contributed by atoms with van der Waals surface area (Å²) in [5, 5.41) is 0.854.